The van der Waals surface area contributed by atoms with Crippen molar-refractivity contribution in [3.05, 3.63) is 77.1 Å². The fraction of sp³-hybridized carbons (Fsp3) is 0.455. The van der Waals surface area contributed by atoms with E-state index in [4.69, 9.17) is 4.98 Å². The monoisotopic (exact) mass is 659 g/mol. The molecule has 2 saturated carbocycles. The van der Waals surface area contributed by atoms with Crippen molar-refractivity contribution in [2.24, 2.45) is 5.92 Å². The smallest absolute Gasteiger partial charge is 0.354 e. The summed E-state index contributed by atoms with van der Waals surface area (Å²) in [4.78, 5) is 22.7. The molecule has 246 valence electrons. The predicted octanol–water partition coefficient (Wildman–Crippen LogP) is 5.13. The number of aromatic nitrogens is 1. The lowest BCUT2D eigenvalue weighted by Gasteiger charge is -2.35. The maximum absolute atomic E-state index is 13.7. The lowest BCUT2D eigenvalue weighted by atomic mass is 10.1. The summed E-state index contributed by atoms with van der Waals surface area (Å²) in [5, 5.41) is 2.86. The van der Waals surface area contributed by atoms with Gasteiger partial charge in [-0.1, -0.05) is 19.1 Å². The van der Waals surface area contributed by atoms with Crippen LogP contribution < -0.4 is 14.9 Å². The van der Waals surface area contributed by atoms with Crippen LogP contribution in [-0.4, -0.2) is 62.5 Å². The third kappa shape index (κ3) is 7.37. The van der Waals surface area contributed by atoms with Gasteiger partial charge >= 0.3 is 6.18 Å². The Labute approximate surface area is 266 Å². The van der Waals surface area contributed by atoms with Crippen molar-refractivity contribution in [1.82, 2.24) is 19.9 Å². The molecule has 1 saturated heterocycles. The van der Waals surface area contributed by atoms with E-state index in [1.165, 1.54) is 37.1 Å². The molecular formula is C33H37F4N5O3S. The van der Waals surface area contributed by atoms with Gasteiger partial charge in [0.1, 0.15) is 17.2 Å². The van der Waals surface area contributed by atoms with Gasteiger partial charge in [0.25, 0.3) is 0 Å². The van der Waals surface area contributed by atoms with Crippen molar-refractivity contribution in [3.63, 3.8) is 0 Å². The molecule has 2 heterocycles. The summed E-state index contributed by atoms with van der Waals surface area (Å²) in [6, 6.07) is 11.9. The second-order valence-corrected chi connectivity index (χ2v) is 14.2. The van der Waals surface area contributed by atoms with Crippen molar-refractivity contribution in [2.45, 2.75) is 62.2 Å². The molecular weight excluding hydrogens is 622 g/mol. The molecule has 13 heteroatoms. The quantitative estimate of drug-likeness (QED) is 0.278. The van der Waals surface area contributed by atoms with Gasteiger partial charge < -0.3 is 10.2 Å². The van der Waals surface area contributed by atoms with Crippen LogP contribution in [0, 0.1) is 11.7 Å². The molecule has 46 heavy (non-hydrogen) atoms. The third-order valence-corrected chi connectivity index (χ3v) is 10.6. The van der Waals surface area contributed by atoms with Gasteiger partial charge in [0.2, 0.25) is 15.9 Å². The van der Waals surface area contributed by atoms with E-state index in [1.54, 1.807) is 13.0 Å². The maximum Gasteiger partial charge on any atom is 0.416 e. The number of alkyl halides is 3. The van der Waals surface area contributed by atoms with Crippen LogP contribution in [0.15, 0.2) is 59.5 Å². The second-order valence-electron chi connectivity index (χ2n) is 12.5. The molecule has 1 amide bonds. The van der Waals surface area contributed by atoms with Crippen molar-refractivity contribution in [1.29, 1.82) is 0 Å². The first-order chi connectivity index (χ1) is 21.8. The average molecular weight is 660 g/mol. The summed E-state index contributed by atoms with van der Waals surface area (Å²) in [5.41, 5.74) is -0.0948. The molecule has 3 aromatic rings. The Bertz CT molecular complexity index is 1700. The first-order valence-corrected chi connectivity index (χ1v) is 17.1. The average Bonchev–Trinajstić information content (AvgIpc) is 3.97. The summed E-state index contributed by atoms with van der Waals surface area (Å²) in [5.74, 6) is 0.422. The number of hydrogen-bond acceptors (Lipinski definition) is 6. The summed E-state index contributed by atoms with van der Waals surface area (Å²) < 4.78 is 82.4. The van der Waals surface area contributed by atoms with Crippen LogP contribution in [0.2, 0.25) is 0 Å². The van der Waals surface area contributed by atoms with Gasteiger partial charge in [-0.15, -0.1) is 0 Å². The number of benzene rings is 2. The molecule has 8 nitrogen and oxygen atoms in total. The highest BCUT2D eigenvalue weighted by Gasteiger charge is 2.53. The first kappa shape index (κ1) is 32.4. The lowest BCUT2D eigenvalue weighted by molar-refractivity contribution is -0.137. The number of anilines is 1. The number of pyridine rings is 1. The second kappa shape index (κ2) is 12.6. The van der Waals surface area contributed by atoms with E-state index in [1.807, 2.05) is 6.07 Å². The number of halogens is 4. The van der Waals surface area contributed by atoms with E-state index >= 15 is 0 Å². The Kier molecular flexibility index (Phi) is 8.85. The van der Waals surface area contributed by atoms with Gasteiger partial charge in [-0.2, -0.15) is 17.9 Å². The number of carbonyl (C=O) groups excluding carboxylic acids is 1. The number of nitrogens with one attached hydrogen (secondary N) is 2. The van der Waals surface area contributed by atoms with Crippen LogP contribution >= 0.6 is 0 Å². The van der Waals surface area contributed by atoms with Gasteiger partial charge in [-0.3, -0.25) is 9.69 Å². The molecule has 1 aliphatic heterocycles. The minimum Gasteiger partial charge on any atom is -0.354 e. The van der Waals surface area contributed by atoms with Crippen LogP contribution in [0.25, 0.3) is 11.3 Å². The van der Waals surface area contributed by atoms with Crippen LogP contribution in [0.3, 0.4) is 0 Å². The molecule has 0 spiro atoms. The van der Waals surface area contributed by atoms with E-state index in [-0.39, 0.29) is 11.4 Å². The minimum absolute atomic E-state index is 0.0594. The topological polar surface area (TPSA) is 94.6 Å². The summed E-state index contributed by atoms with van der Waals surface area (Å²) in [7, 11) is -4.11. The summed E-state index contributed by atoms with van der Waals surface area (Å²) >= 11 is 0. The molecule has 2 aliphatic carbocycles. The van der Waals surface area contributed by atoms with Crippen LogP contribution in [0.5, 0.6) is 0 Å². The minimum atomic E-state index is -4.46. The number of aryl methyl sites for hydroxylation is 1. The fourth-order valence-corrected chi connectivity index (χ4v) is 7.61. The van der Waals surface area contributed by atoms with Gasteiger partial charge in [-0.05, 0) is 91.6 Å². The van der Waals surface area contributed by atoms with Crippen LogP contribution in [-0.2, 0) is 34.0 Å². The zero-order valence-corrected chi connectivity index (χ0v) is 26.4. The van der Waals surface area contributed by atoms with Gasteiger partial charge in [0.05, 0.1) is 16.2 Å². The molecule has 1 aromatic heterocycles. The van der Waals surface area contributed by atoms with Gasteiger partial charge in [0.15, 0.2) is 0 Å². The van der Waals surface area contributed by atoms with Gasteiger partial charge in [0, 0.05) is 44.8 Å². The molecule has 2 aromatic carbocycles. The number of carbonyl (C=O) groups is 1. The summed E-state index contributed by atoms with van der Waals surface area (Å²) in [6.45, 7) is 6.13. The zero-order valence-electron chi connectivity index (χ0n) is 25.5. The SMILES string of the molecule is CCc1cc(F)ccc1S(=O)(=O)NC1(C(=O)NCc2cc(-c3ccc(C(F)(F)F)cc3)nc(N3CCN(CC4CC4)CC3)c2)CC1. The molecule has 0 atom stereocenters. The molecule has 0 unspecified atom stereocenters. The standard InChI is InChI=1S/C33H37F4N5O3S/c1-2-24-19-27(34)9-10-29(24)46(44,45)40-32(11-12-32)31(43)38-20-23-17-28(25-5-7-26(8-6-25)33(35,36)37)39-30(18-23)42-15-13-41(14-16-42)21-22-3-4-22/h5-10,17-19,22,40H,2-4,11-16,20-21H2,1H3,(H,38,43). The number of hydrogen-bond donors (Lipinski definition) is 2. The van der Waals surface area contributed by atoms with E-state index in [2.05, 4.69) is 19.8 Å². The van der Waals surface area contributed by atoms with Crippen molar-refractivity contribution in [2.75, 3.05) is 37.6 Å². The normalized spacial score (nSPS) is 18.4. The lowest BCUT2D eigenvalue weighted by Crippen LogP contribution is -2.48. The highest BCUT2D eigenvalue weighted by Crippen LogP contribution is 2.38. The van der Waals surface area contributed by atoms with Crippen molar-refractivity contribution in [3.8, 4) is 11.3 Å². The molecule has 3 fully saturated rings. The molecule has 6 rings (SSSR count). The Morgan fingerprint density at radius 2 is 1.70 bits per heavy atom. The zero-order chi connectivity index (χ0) is 32.7. The number of nitrogens with zero attached hydrogens (tertiary/aromatic N) is 3. The van der Waals surface area contributed by atoms with E-state index in [0.29, 0.717) is 47.5 Å². The third-order valence-electron chi connectivity index (χ3n) is 8.95. The molecule has 2 N–H and O–H groups in total. The number of sulfonamides is 1. The Balaban J connectivity index is 1.20. The summed E-state index contributed by atoms with van der Waals surface area (Å²) in [6.07, 6.45) is -0.983. The fourth-order valence-electron chi connectivity index (χ4n) is 5.89. The predicted molar refractivity (Wildman–Crippen MR) is 166 cm³/mol. The number of amides is 1. The Morgan fingerprint density at radius 3 is 2.30 bits per heavy atom. The highest BCUT2D eigenvalue weighted by molar-refractivity contribution is 7.89. The maximum atomic E-state index is 13.7. The van der Waals surface area contributed by atoms with Gasteiger partial charge in [-0.25, -0.2) is 17.8 Å². The Morgan fingerprint density at radius 1 is 1.00 bits per heavy atom. The molecule has 0 radical (unpaired) electrons. The van der Waals surface area contributed by atoms with Crippen LogP contribution in [0.4, 0.5) is 23.4 Å². The molecule has 0 bridgehead atoms. The first-order valence-electron chi connectivity index (χ1n) is 15.6. The molecule has 3 aliphatic rings. The van der Waals surface area contributed by atoms with Crippen molar-refractivity contribution >= 4 is 21.7 Å². The van der Waals surface area contributed by atoms with E-state index in [9.17, 15) is 30.8 Å². The highest BCUT2D eigenvalue weighted by atomic mass is 32.2. The Hall–Kier alpha value is -3.55. The number of piperazine rings is 1. The van der Waals surface area contributed by atoms with E-state index in [0.717, 1.165) is 56.8 Å². The van der Waals surface area contributed by atoms with Crippen LogP contribution in [0.1, 0.15) is 49.3 Å². The number of rotatable bonds is 11. The largest absolute Gasteiger partial charge is 0.416 e. The van der Waals surface area contributed by atoms with Crippen molar-refractivity contribution < 1.29 is 30.8 Å². The van der Waals surface area contributed by atoms with E-state index < -0.39 is 39.0 Å².